The van der Waals surface area contributed by atoms with E-state index in [0.717, 1.165) is 30.1 Å². The van der Waals surface area contributed by atoms with Crippen LogP contribution in [0.25, 0.3) is 11.0 Å². The molecule has 5 heteroatoms. The number of benzene rings is 1. The number of thioether (sulfide) groups is 1. The first-order valence-corrected chi connectivity index (χ1v) is 8.90. The number of ether oxygens (including phenoxy) is 1. The summed E-state index contributed by atoms with van der Waals surface area (Å²) in [7, 11) is 1.69. The normalized spacial score (nSPS) is 22.0. The van der Waals surface area contributed by atoms with Crippen LogP contribution in [0, 0.1) is 0 Å². The number of rotatable bonds is 5. The molecule has 3 nitrogen and oxygen atoms in total. The lowest BCUT2D eigenvalue weighted by Gasteiger charge is -2.24. The highest BCUT2D eigenvalue weighted by Gasteiger charge is 2.31. The van der Waals surface area contributed by atoms with E-state index in [1.165, 1.54) is 24.1 Å². The Hall–Kier alpha value is -0.870. The Kier molecular flexibility index (Phi) is 4.36. The van der Waals surface area contributed by atoms with Crippen molar-refractivity contribution in [2.45, 2.75) is 37.5 Å². The number of imidazole rings is 1. The predicted molar refractivity (Wildman–Crippen MR) is 90.8 cm³/mol. The minimum absolute atomic E-state index is 0.314. The molecule has 1 unspecified atom stereocenters. The molecule has 1 aliphatic rings. The maximum atomic E-state index is 5.96. The van der Waals surface area contributed by atoms with Crippen molar-refractivity contribution in [3.8, 4) is 5.75 Å². The van der Waals surface area contributed by atoms with Crippen molar-refractivity contribution >= 4 is 34.4 Å². The minimum Gasteiger partial charge on any atom is -0.497 e. The van der Waals surface area contributed by atoms with E-state index in [1.54, 1.807) is 7.11 Å². The molecular weight excluding hydrogens is 304 g/mol. The monoisotopic (exact) mass is 324 g/mol. The summed E-state index contributed by atoms with van der Waals surface area (Å²) >= 11 is 8.04. The van der Waals surface area contributed by atoms with Crippen molar-refractivity contribution in [3.63, 3.8) is 0 Å². The van der Waals surface area contributed by atoms with Crippen LogP contribution in [0.4, 0.5) is 0 Å². The van der Waals surface area contributed by atoms with Crippen molar-refractivity contribution in [2.75, 3.05) is 18.7 Å². The van der Waals surface area contributed by atoms with Gasteiger partial charge in [-0.3, -0.25) is 0 Å². The first kappa shape index (κ1) is 15.0. The molecule has 1 saturated heterocycles. The molecule has 114 valence electrons. The van der Waals surface area contributed by atoms with E-state index in [1.807, 2.05) is 12.1 Å². The molecule has 3 rings (SSSR count). The third kappa shape index (κ3) is 3.02. The molecule has 0 saturated carbocycles. The van der Waals surface area contributed by atoms with Gasteiger partial charge in [-0.1, -0.05) is 0 Å². The van der Waals surface area contributed by atoms with Gasteiger partial charge in [-0.2, -0.15) is 11.8 Å². The number of fused-ring (bicyclic) bond motifs is 1. The van der Waals surface area contributed by atoms with Crippen LogP contribution < -0.4 is 4.74 Å². The van der Waals surface area contributed by atoms with Crippen LogP contribution in [0.2, 0.25) is 0 Å². The van der Waals surface area contributed by atoms with Gasteiger partial charge in [-0.05, 0) is 37.7 Å². The Labute approximate surface area is 135 Å². The van der Waals surface area contributed by atoms with E-state index in [9.17, 15) is 0 Å². The maximum Gasteiger partial charge on any atom is 0.121 e. The fraction of sp³-hybridized carbons (Fsp3) is 0.562. The fourth-order valence-electron chi connectivity index (χ4n) is 3.03. The molecule has 0 radical (unpaired) electrons. The number of halogens is 1. The molecule has 0 bridgehead atoms. The van der Waals surface area contributed by atoms with E-state index in [0.29, 0.717) is 10.6 Å². The topological polar surface area (TPSA) is 27.1 Å². The van der Waals surface area contributed by atoms with Gasteiger partial charge in [0.25, 0.3) is 0 Å². The fourth-order valence-corrected chi connectivity index (χ4v) is 4.49. The molecule has 0 N–H and O–H groups in total. The molecule has 21 heavy (non-hydrogen) atoms. The first-order valence-electron chi connectivity index (χ1n) is 7.38. The van der Waals surface area contributed by atoms with Crippen molar-refractivity contribution in [1.82, 2.24) is 9.55 Å². The molecular formula is C16H21ClN2OS. The average molecular weight is 325 g/mol. The number of hydrogen-bond acceptors (Lipinski definition) is 3. The number of hydrogen-bond donors (Lipinski definition) is 0. The summed E-state index contributed by atoms with van der Waals surface area (Å²) in [4.78, 5) is 4.77. The van der Waals surface area contributed by atoms with Crippen LogP contribution >= 0.6 is 23.4 Å². The zero-order valence-electron chi connectivity index (χ0n) is 12.6. The second-order valence-corrected chi connectivity index (χ2v) is 7.87. The smallest absolute Gasteiger partial charge is 0.121 e. The standard InChI is InChI=1S/C16H21ClN2OS/c1-16(7-3-9-21-16)11-19-14-5-4-12(20-2)10-13(14)18-15(19)6-8-17/h4-5,10H,3,6-9,11H2,1-2H3. The van der Waals surface area contributed by atoms with E-state index in [2.05, 4.69) is 29.3 Å². The average Bonchev–Trinajstić information content (AvgIpc) is 3.04. The van der Waals surface area contributed by atoms with Gasteiger partial charge in [-0.15, -0.1) is 11.6 Å². The number of aryl methyl sites for hydroxylation is 1. The SMILES string of the molecule is COc1ccc2c(c1)nc(CCCl)n2CC1(C)CCCS1. The van der Waals surface area contributed by atoms with Crippen molar-refractivity contribution in [2.24, 2.45) is 0 Å². The molecule has 1 aromatic heterocycles. The Balaban J connectivity index is 2.03. The Morgan fingerprint density at radius 1 is 1.48 bits per heavy atom. The summed E-state index contributed by atoms with van der Waals surface area (Å²) in [5.74, 6) is 3.81. The first-order chi connectivity index (χ1) is 10.1. The number of alkyl halides is 1. The van der Waals surface area contributed by atoms with Crippen molar-refractivity contribution in [3.05, 3.63) is 24.0 Å². The molecule has 1 atom stereocenters. The molecule has 1 fully saturated rings. The van der Waals surface area contributed by atoms with E-state index >= 15 is 0 Å². The second-order valence-electron chi connectivity index (χ2n) is 5.81. The lowest BCUT2D eigenvalue weighted by atomic mass is 10.1. The number of nitrogens with zero attached hydrogens (tertiary/aromatic N) is 2. The number of methoxy groups -OCH3 is 1. The minimum atomic E-state index is 0.314. The van der Waals surface area contributed by atoms with Gasteiger partial charge in [0.05, 0.1) is 18.1 Å². The van der Waals surface area contributed by atoms with Crippen LogP contribution in [0.1, 0.15) is 25.6 Å². The summed E-state index contributed by atoms with van der Waals surface area (Å²) in [6.45, 7) is 3.37. The molecule has 2 aromatic rings. The van der Waals surface area contributed by atoms with Crippen LogP contribution in [-0.2, 0) is 13.0 Å². The Morgan fingerprint density at radius 3 is 3.00 bits per heavy atom. The van der Waals surface area contributed by atoms with E-state index < -0.39 is 0 Å². The van der Waals surface area contributed by atoms with Gasteiger partial charge < -0.3 is 9.30 Å². The van der Waals surface area contributed by atoms with E-state index in [-0.39, 0.29) is 0 Å². The lowest BCUT2D eigenvalue weighted by molar-refractivity contribution is 0.415. The third-order valence-corrected chi connectivity index (χ3v) is 5.86. The zero-order valence-corrected chi connectivity index (χ0v) is 14.1. The quantitative estimate of drug-likeness (QED) is 0.774. The van der Waals surface area contributed by atoms with Crippen LogP contribution in [0.15, 0.2) is 18.2 Å². The molecule has 1 aliphatic heterocycles. The molecule has 2 heterocycles. The largest absolute Gasteiger partial charge is 0.497 e. The van der Waals surface area contributed by atoms with Crippen molar-refractivity contribution < 1.29 is 4.74 Å². The molecule has 0 spiro atoms. The van der Waals surface area contributed by atoms with Crippen LogP contribution in [-0.4, -0.2) is 33.0 Å². The van der Waals surface area contributed by atoms with Gasteiger partial charge in [0.15, 0.2) is 0 Å². The predicted octanol–water partition coefficient (Wildman–Crippen LogP) is 4.11. The Bertz CT molecular complexity index is 634. The molecule has 1 aromatic carbocycles. The van der Waals surface area contributed by atoms with Crippen LogP contribution in [0.3, 0.4) is 0 Å². The molecule has 0 aliphatic carbocycles. The van der Waals surface area contributed by atoms with Gasteiger partial charge in [-0.25, -0.2) is 4.98 Å². The number of aromatic nitrogens is 2. The second kappa shape index (κ2) is 6.09. The Morgan fingerprint density at radius 2 is 2.33 bits per heavy atom. The highest BCUT2D eigenvalue weighted by Crippen LogP contribution is 2.40. The summed E-state index contributed by atoms with van der Waals surface area (Å²) in [6, 6.07) is 6.13. The molecule has 0 amide bonds. The summed E-state index contributed by atoms with van der Waals surface area (Å²) in [6.07, 6.45) is 3.39. The van der Waals surface area contributed by atoms with Gasteiger partial charge in [0.2, 0.25) is 0 Å². The van der Waals surface area contributed by atoms with E-state index in [4.69, 9.17) is 21.3 Å². The van der Waals surface area contributed by atoms with Crippen LogP contribution in [0.5, 0.6) is 5.75 Å². The highest BCUT2D eigenvalue weighted by atomic mass is 35.5. The van der Waals surface area contributed by atoms with Gasteiger partial charge in [0.1, 0.15) is 11.6 Å². The third-order valence-electron chi connectivity index (χ3n) is 4.15. The lowest BCUT2D eigenvalue weighted by Crippen LogP contribution is -2.25. The van der Waals surface area contributed by atoms with Gasteiger partial charge >= 0.3 is 0 Å². The zero-order chi connectivity index (χ0) is 14.9. The highest BCUT2D eigenvalue weighted by molar-refractivity contribution is 8.00. The van der Waals surface area contributed by atoms with Gasteiger partial charge in [0, 0.05) is 29.7 Å². The summed E-state index contributed by atoms with van der Waals surface area (Å²) < 4.78 is 7.98. The maximum absolute atomic E-state index is 5.96. The van der Waals surface area contributed by atoms with Crippen molar-refractivity contribution in [1.29, 1.82) is 0 Å². The summed E-state index contributed by atoms with van der Waals surface area (Å²) in [5.41, 5.74) is 2.19. The summed E-state index contributed by atoms with van der Waals surface area (Å²) in [5, 5.41) is 0.